The van der Waals surface area contributed by atoms with E-state index < -0.39 is 10.2 Å². The lowest BCUT2D eigenvalue weighted by molar-refractivity contribution is 0.0951. The Bertz CT molecular complexity index is 1050. The average Bonchev–Trinajstić information content (AvgIpc) is 2.77. The van der Waals surface area contributed by atoms with Crippen LogP contribution in [0, 0.1) is 0 Å². The number of nitrogens with zero attached hydrogens (tertiary/aromatic N) is 3. The van der Waals surface area contributed by atoms with E-state index in [1.807, 2.05) is 38.1 Å². The molecule has 1 aliphatic rings. The molecule has 168 valence electrons. The minimum atomic E-state index is -3.57. The van der Waals surface area contributed by atoms with Crippen molar-refractivity contribution in [3.63, 3.8) is 0 Å². The summed E-state index contributed by atoms with van der Waals surface area (Å²) in [5, 5.41) is 2.84. The molecule has 0 aliphatic carbocycles. The summed E-state index contributed by atoms with van der Waals surface area (Å²) in [6.45, 7) is 5.23. The summed E-state index contributed by atoms with van der Waals surface area (Å²) in [5.41, 5.74) is 8.59. The number of fused-ring (bicyclic) bond motifs is 1. The molecule has 1 amide bonds. The molecule has 0 radical (unpaired) electrons. The minimum Gasteiger partial charge on any atom is -0.497 e. The van der Waals surface area contributed by atoms with Crippen LogP contribution in [0.3, 0.4) is 0 Å². The van der Waals surface area contributed by atoms with Crippen LogP contribution < -0.4 is 15.8 Å². The van der Waals surface area contributed by atoms with E-state index in [1.54, 1.807) is 13.2 Å². The number of anilines is 1. The number of ether oxygens (including phenoxy) is 1. The number of aromatic nitrogens is 1. The smallest absolute Gasteiger partial charge is 0.282 e. The Kier molecular flexibility index (Phi) is 7.14. The third-order valence-electron chi connectivity index (χ3n) is 5.36. The number of rotatable bonds is 8. The van der Waals surface area contributed by atoms with Gasteiger partial charge < -0.3 is 15.8 Å². The van der Waals surface area contributed by atoms with E-state index in [0.717, 1.165) is 11.3 Å². The van der Waals surface area contributed by atoms with E-state index in [2.05, 4.69) is 10.3 Å². The Morgan fingerprint density at radius 3 is 2.71 bits per heavy atom. The number of methoxy groups -OCH3 is 1. The maximum atomic E-state index is 12.9. The van der Waals surface area contributed by atoms with Crippen molar-refractivity contribution in [2.75, 3.05) is 32.5 Å². The normalized spacial score (nSPS) is 14.3. The van der Waals surface area contributed by atoms with Gasteiger partial charge >= 0.3 is 0 Å². The highest BCUT2D eigenvalue weighted by Gasteiger charge is 2.32. The molecule has 31 heavy (non-hydrogen) atoms. The first-order valence-corrected chi connectivity index (χ1v) is 11.6. The second-order valence-corrected chi connectivity index (χ2v) is 9.17. The zero-order valence-corrected chi connectivity index (χ0v) is 18.9. The van der Waals surface area contributed by atoms with Crippen LogP contribution in [0.25, 0.3) is 0 Å². The van der Waals surface area contributed by atoms with Crippen LogP contribution in [0.5, 0.6) is 5.75 Å². The fourth-order valence-electron chi connectivity index (χ4n) is 3.61. The van der Waals surface area contributed by atoms with E-state index >= 15 is 0 Å². The zero-order chi connectivity index (χ0) is 22.6. The molecule has 0 atom stereocenters. The van der Waals surface area contributed by atoms with Gasteiger partial charge in [0.1, 0.15) is 11.6 Å². The molecule has 1 aliphatic heterocycles. The molecular formula is C21H29N5O4S. The molecule has 10 heteroatoms. The van der Waals surface area contributed by atoms with Gasteiger partial charge in [-0.25, -0.2) is 4.98 Å². The van der Waals surface area contributed by atoms with Crippen molar-refractivity contribution in [2.45, 2.75) is 33.4 Å². The topological polar surface area (TPSA) is 118 Å². The number of hydrogen-bond donors (Lipinski definition) is 2. The quantitative estimate of drug-likeness (QED) is 0.634. The zero-order valence-electron chi connectivity index (χ0n) is 18.1. The van der Waals surface area contributed by atoms with Crippen molar-refractivity contribution >= 4 is 21.9 Å². The Balaban J connectivity index is 1.77. The summed E-state index contributed by atoms with van der Waals surface area (Å²) in [6.07, 6.45) is 0.450. The Labute approximate surface area is 183 Å². The molecule has 0 fully saturated rings. The highest BCUT2D eigenvalue weighted by Crippen LogP contribution is 2.25. The highest BCUT2D eigenvalue weighted by atomic mass is 32.2. The van der Waals surface area contributed by atoms with Gasteiger partial charge in [-0.15, -0.1) is 0 Å². The SMILES string of the molecule is CCN(CC)S(=O)(=O)N1CCc2nc(N)c(C(=O)NCc3cccc(OC)c3)cc2C1. The van der Waals surface area contributed by atoms with Gasteiger partial charge in [0, 0.05) is 44.8 Å². The van der Waals surface area contributed by atoms with Crippen molar-refractivity contribution in [3.8, 4) is 5.75 Å². The number of carbonyl (C=O) groups excluding carboxylic acids is 1. The first-order valence-electron chi connectivity index (χ1n) is 10.2. The van der Waals surface area contributed by atoms with Crippen molar-refractivity contribution in [1.29, 1.82) is 0 Å². The van der Waals surface area contributed by atoms with Crippen molar-refractivity contribution < 1.29 is 17.9 Å². The molecule has 0 saturated heterocycles. The Morgan fingerprint density at radius 1 is 1.29 bits per heavy atom. The van der Waals surface area contributed by atoms with Gasteiger partial charge in [0.15, 0.2) is 0 Å². The second-order valence-electron chi connectivity index (χ2n) is 7.24. The van der Waals surface area contributed by atoms with Gasteiger partial charge in [-0.2, -0.15) is 17.0 Å². The number of pyridine rings is 1. The van der Waals surface area contributed by atoms with Crippen LogP contribution in [0.1, 0.15) is 41.0 Å². The van der Waals surface area contributed by atoms with Crippen molar-refractivity contribution in [1.82, 2.24) is 18.9 Å². The Morgan fingerprint density at radius 2 is 2.03 bits per heavy atom. The lowest BCUT2D eigenvalue weighted by atomic mass is 10.0. The predicted molar refractivity (Wildman–Crippen MR) is 119 cm³/mol. The molecule has 0 spiro atoms. The van der Waals surface area contributed by atoms with Gasteiger partial charge in [-0.1, -0.05) is 26.0 Å². The lowest BCUT2D eigenvalue weighted by Crippen LogP contribution is -2.46. The molecule has 3 rings (SSSR count). The monoisotopic (exact) mass is 447 g/mol. The molecule has 2 heterocycles. The number of nitrogens with one attached hydrogen (secondary N) is 1. The first kappa shape index (κ1) is 23.0. The van der Waals surface area contributed by atoms with E-state index in [9.17, 15) is 13.2 Å². The van der Waals surface area contributed by atoms with Crippen molar-refractivity contribution in [2.24, 2.45) is 0 Å². The molecule has 2 aromatic rings. The summed E-state index contributed by atoms with van der Waals surface area (Å²) in [4.78, 5) is 17.1. The second kappa shape index (κ2) is 9.63. The maximum absolute atomic E-state index is 12.9. The molecular weight excluding hydrogens is 418 g/mol. The molecule has 0 saturated carbocycles. The third kappa shape index (κ3) is 4.97. The minimum absolute atomic E-state index is 0.141. The standard InChI is InChI=1S/C21H29N5O4S/c1-4-25(5-2)31(28,29)26-10-9-19-16(14-26)12-18(20(22)24-19)21(27)23-13-15-7-6-8-17(11-15)30-3/h6-8,11-12H,4-5,9-10,13-14H2,1-3H3,(H2,22,24)(H,23,27). The predicted octanol–water partition coefficient (Wildman–Crippen LogP) is 1.55. The molecule has 1 aromatic heterocycles. The van der Waals surface area contributed by atoms with Gasteiger partial charge in [0.05, 0.1) is 12.7 Å². The van der Waals surface area contributed by atoms with Gasteiger partial charge in [-0.05, 0) is 29.3 Å². The van der Waals surface area contributed by atoms with Crippen LogP contribution in [0.4, 0.5) is 5.82 Å². The number of amides is 1. The molecule has 0 unspecified atom stereocenters. The van der Waals surface area contributed by atoms with Gasteiger partial charge in [0.25, 0.3) is 16.1 Å². The maximum Gasteiger partial charge on any atom is 0.282 e. The summed E-state index contributed by atoms with van der Waals surface area (Å²) in [5.74, 6) is 0.484. The number of hydrogen-bond acceptors (Lipinski definition) is 6. The largest absolute Gasteiger partial charge is 0.497 e. The highest BCUT2D eigenvalue weighted by molar-refractivity contribution is 7.86. The van der Waals surface area contributed by atoms with Crippen molar-refractivity contribution in [3.05, 3.63) is 52.7 Å². The Hall–Kier alpha value is -2.69. The summed E-state index contributed by atoms with van der Waals surface area (Å²) >= 11 is 0. The van der Waals surface area contributed by atoms with Crippen LogP contribution in [-0.2, 0) is 29.7 Å². The van der Waals surface area contributed by atoms with Gasteiger partial charge in [0.2, 0.25) is 0 Å². The molecule has 9 nitrogen and oxygen atoms in total. The number of benzene rings is 1. The van der Waals surface area contributed by atoms with Gasteiger partial charge in [-0.3, -0.25) is 4.79 Å². The summed E-state index contributed by atoms with van der Waals surface area (Å²) < 4.78 is 33.8. The lowest BCUT2D eigenvalue weighted by Gasteiger charge is -2.32. The van der Waals surface area contributed by atoms with E-state index in [4.69, 9.17) is 10.5 Å². The molecule has 3 N–H and O–H groups in total. The fraction of sp³-hybridized carbons (Fsp3) is 0.429. The molecule has 0 bridgehead atoms. The summed E-state index contributed by atoms with van der Waals surface area (Å²) in [6, 6.07) is 9.05. The number of carbonyl (C=O) groups is 1. The fourth-order valence-corrected chi connectivity index (χ4v) is 5.22. The third-order valence-corrected chi connectivity index (χ3v) is 7.49. The van der Waals surface area contributed by atoms with Crippen LogP contribution in [-0.4, -0.2) is 54.7 Å². The molecule has 1 aromatic carbocycles. The van der Waals surface area contributed by atoms with Crippen LogP contribution >= 0.6 is 0 Å². The van der Waals surface area contributed by atoms with E-state index in [0.29, 0.717) is 43.9 Å². The van der Waals surface area contributed by atoms with E-state index in [1.165, 1.54) is 8.61 Å². The average molecular weight is 448 g/mol. The van der Waals surface area contributed by atoms with Crippen LogP contribution in [0.2, 0.25) is 0 Å². The van der Waals surface area contributed by atoms with E-state index in [-0.39, 0.29) is 23.8 Å². The first-order chi connectivity index (χ1) is 14.8. The number of nitrogens with two attached hydrogens (primary N) is 1. The van der Waals surface area contributed by atoms with Crippen LogP contribution in [0.15, 0.2) is 30.3 Å². The summed E-state index contributed by atoms with van der Waals surface area (Å²) in [7, 11) is -1.98. The number of nitrogen functional groups attached to an aromatic ring is 1.